The van der Waals surface area contributed by atoms with Crippen molar-refractivity contribution in [3.63, 3.8) is 0 Å². The number of nitrogens with two attached hydrogens (primary N) is 1. The summed E-state index contributed by atoms with van der Waals surface area (Å²) in [7, 11) is 0. The van der Waals surface area contributed by atoms with Crippen LogP contribution in [0.15, 0.2) is 18.2 Å². The Balaban J connectivity index is 2.12. The first-order chi connectivity index (χ1) is 8.16. The monoisotopic (exact) mass is 231 g/mol. The first-order valence-electron chi connectivity index (χ1n) is 5.38. The largest absolute Gasteiger partial charge is 0.454 e. The maximum Gasteiger partial charge on any atom is 0.231 e. The van der Waals surface area contributed by atoms with Crippen molar-refractivity contribution in [1.82, 2.24) is 9.78 Å². The molecule has 2 aromatic rings. The first kappa shape index (κ1) is 10.0. The van der Waals surface area contributed by atoms with Gasteiger partial charge in [-0.25, -0.2) is 4.68 Å². The van der Waals surface area contributed by atoms with Crippen LogP contribution in [-0.4, -0.2) is 16.6 Å². The van der Waals surface area contributed by atoms with Gasteiger partial charge in [0.2, 0.25) is 6.79 Å². The third-order valence-corrected chi connectivity index (χ3v) is 2.95. The van der Waals surface area contributed by atoms with Crippen molar-refractivity contribution < 1.29 is 9.47 Å². The fourth-order valence-corrected chi connectivity index (χ4v) is 1.92. The second-order valence-corrected chi connectivity index (χ2v) is 4.03. The van der Waals surface area contributed by atoms with Gasteiger partial charge in [0, 0.05) is 6.07 Å². The van der Waals surface area contributed by atoms with Gasteiger partial charge >= 0.3 is 0 Å². The highest BCUT2D eigenvalue weighted by Crippen LogP contribution is 2.34. The molecule has 2 heterocycles. The maximum absolute atomic E-state index is 5.91. The first-order valence-corrected chi connectivity index (χ1v) is 5.38. The molecule has 5 nitrogen and oxygen atoms in total. The van der Waals surface area contributed by atoms with E-state index in [9.17, 15) is 0 Å². The Morgan fingerprint density at radius 2 is 2.00 bits per heavy atom. The van der Waals surface area contributed by atoms with E-state index in [4.69, 9.17) is 15.2 Å². The predicted molar refractivity (Wildman–Crippen MR) is 63.6 cm³/mol. The van der Waals surface area contributed by atoms with Gasteiger partial charge in [0.15, 0.2) is 11.5 Å². The van der Waals surface area contributed by atoms with Gasteiger partial charge in [-0.05, 0) is 26.0 Å². The van der Waals surface area contributed by atoms with Crippen LogP contribution in [0, 0.1) is 13.8 Å². The second-order valence-electron chi connectivity index (χ2n) is 4.03. The summed E-state index contributed by atoms with van der Waals surface area (Å²) in [6.45, 7) is 4.11. The zero-order valence-corrected chi connectivity index (χ0v) is 9.73. The molecule has 1 aromatic heterocycles. The number of fused-ring (bicyclic) bond motifs is 1. The minimum absolute atomic E-state index is 0.276. The molecule has 5 heteroatoms. The normalized spacial score (nSPS) is 13.1. The van der Waals surface area contributed by atoms with Crippen LogP contribution in [0.25, 0.3) is 5.69 Å². The predicted octanol–water partition coefficient (Wildman–Crippen LogP) is 1.80. The summed E-state index contributed by atoms with van der Waals surface area (Å²) in [5.41, 5.74) is 9.33. The highest BCUT2D eigenvalue weighted by atomic mass is 16.7. The molecule has 1 aliphatic rings. The molecule has 88 valence electrons. The van der Waals surface area contributed by atoms with Gasteiger partial charge in [-0.2, -0.15) is 5.10 Å². The number of benzene rings is 1. The molecule has 1 aromatic carbocycles. The van der Waals surface area contributed by atoms with Crippen LogP contribution in [0.1, 0.15) is 11.4 Å². The van der Waals surface area contributed by atoms with Crippen molar-refractivity contribution in [3.05, 3.63) is 29.6 Å². The number of aromatic nitrogens is 2. The molecule has 2 N–H and O–H groups in total. The summed E-state index contributed by atoms with van der Waals surface area (Å²) < 4.78 is 12.4. The zero-order chi connectivity index (χ0) is 12.0. The summed E-state index contributed by atoms with van der Waals surface area (Å²) in [5.74, 6) is 1.51. The minimum Gasteiger partial charge on any atom is -0.454 e. The topological polar surface area (TPSA) is 62.3 Å². The molecule has 0 saturated carbocycles. The van der Waals surface area contributed by atoms with Gasteiger partial charge in [-0.1, -0.05) is 0 Å². The van der Waals surface area contributed by atoms with Gasteiger partial charge in [0.05, 0.1) is 22.8 Å². The number of ether oxygens (including phenoxy) is 2. The van der Waals surface area contributed by atoms with E-state index in [1.54, 1.807) is 0 Å². The van der Waals surface area contributed by atoms with Crippen molar-refractivity contribution >= 4 is 5.69 Å². The highest BCUT2D eigenvalue weighted by Gasteiger charge is 2.16. The lowest BCUT2D eigenvalue weighted by molar-refractivity contribution is 0.174. The Kier molecular flexibility index (Phi) is 2.01. The van der Waals surface area contributed by atoms with Crippen LogP contribution < -0.4 is 15.2 Å². The van der Waals surface area contributed by atoms with Crippen molar-refractivity contribution in [2.75, 3.05) is 12.5 Å². The molecule has 0 fully saturated rings. The lowest BCUT2D eigenvalue weighted by Crippen LogP contribution is -1.99. The summed E-state index contributed by atoms with van der Waals surface area (Å²) in [5, 5.41) is 4.40. The molecule has 0 aliphatic carbocycles. The molecular weight excluding hydrogens is 218 g/mol. The van der Waals surface area contributed by atoms with E-state index in [1.165, 1.54) is 0 Å². The lowest BCUT2D eigenvalue weighted by atomic mass is 10.2. The average Bonchev–Trinajstić information content (AvgIpc) is 2.89. The molecule has 0 spiro atoms. The molecule has 0 unspecified atom stereocenters. The van der Waals surface area contributed by atoms with E-state index in [0.717, 1.165) is 34.3 Å². The van der Waals surface area contributed by atoms with E-state index in [2.05, 4.69) is 5.10 Å². The highest BCUT2D eigenvalue weighted by molar-refractivity contribution is 5.54. The van der Waals surface area contributed by atoms with E-state index in [1.807, 2.05) is 36.7 Å². The number of anilines is 1. The molecule has 1 aliphatic heterocycles. The number of nitrogens with zero attached hydrogens (tertiary/aromatic N) is 2. The zero-order valence-electron chi connectivity index (χ0n) is 9.73. The molecule has 0 atom stereocenters. The van der Waals surface area contributed by atoms with Crippen LogP contribution in [0.4, 0.5) is 5.69 Å². The smallest absolute Gasteiger partial charge is 0.231 e. The Morgan fingerprint density at radius 1 is 1.24 bits per heavy atom. The fourth-order valence-electron chi connectivity index (χ4n) is 1.92. The molecule has 0 radical (unpaired) electrons. The summed E-state index contributed by atoms with van der Waals surface area (Å²) in [6, 6.07) is 5.72. The number of nitrogen functional groups attached to an aromatic ring is 1. The summed E-state index contributed by atoms with van der Waals surface area (Å²) >= 11 is 0. The van der Waals surface area contributed by atoms with Crippen LogP contribution in [-0.2, 0) is 0 Å². The third-order valence-electron chi connectivity index (χ3n) is 2.95. The number of hydrogen-bond donors (Lipinski definition) is 1. The van der Waals surface area contributed by atoms with Gasteiger partial charge in [-0.15, -0.1) is 0 Å². The summed E-state index contributed by atoms with van der Waals surface area (Å²) in [6.07, 6.45) is 0. The van der Waals surface area contributed by atoms with Crippen LogP contribution in [0.5, 0.6) is 11.5 Å². The second kappa shape index (κ2) is 3.41. The molecule has 3 rings (SSSR count). The maximum atomic E-state index is 5.91. The fraction of sp³-hybridized carbons (Fsp3) is 0.250. The number of rotatable bonds is 1. The Bertz CT molecular complexity index is 590. The average molecular weight is 231 g/mol. The van der Waals surface area contributed by atoms with E-state index in [0.29, 0.717) is 0 Å². The quantitative estimate of drug-likeness (QED) is 0.812. The van der Waals surface area contributed by atoms with E-state index < -0.39 is 0 Å². The Hall–Kier alpha value is -2.17. The van der Waals surface area contributed by atoms with Crippen LogP contribution in [0.3, 0.4) is 0 Å². The Morgan fingerprint density at radius 3 is 2.71 bits per heavy atom. The van der Waals surface area contributed by atoms with Crippen molar-refractivity contribution in [2.24, 2.45) is 0 Å². The molecule has 17 heavy (non-hydrogen) atoms. The SMILES string of the molecule is Cc1nn(-c2ccc3c(c2)OCO3)c(C)c1N. The van der Waals surface area contributed by atoms with E-state index >= 15 is 0 Å². The third kappa shape index (κ3) is 1.43. The van der Waals surface area contributed by atoms with Gasteiger partial charge in [0.1, 0.15) is 0 Å². The minimum atomic E-state index is 0.276. The Labute approximate surface area is 98.8 Å². The van der Waals surface area contributed by atoms with Crippen LogP contribution >= 0.6 is 0 Å². The van der Waals surface area contributed by atoms with Crippen LogP contribution in [0.2, 0.25) is 0 Å². The number of aryl methyl sites for hydroxylation is 1. The standard InChI is InChI=1S/C12H13N3O2/c1-7-12(13)8(2)15(14-7)9-3-4-10-11(5-9)17-6-16-10/h3-5H,6,13H2,1-2H3. The molecular formula is C12H13N3O2. The van der Waals surface area contributed by atoms with Gasteiger partial charge < -0.3 is 15.2 Å². The summed E-state index contributed by atoms with van der Waals surface area (Å²) in [4.78, 5) is 0. The molecule has 0 amide bonds. The van der Waals surface area contributed by atoms with E-state index in [-0.39, 0.29) is 6.79 Å². The molecule has 0 bridgehead atoms. The van der Waals surface area contributed by atoms with Crippen molar-refractivity contribution in [3.8, 4) is 17.2 Å². The number of hydrogen-bond acceptors (Lipinski definition) is 4. The van der Waals surface area contributed by atoms with Gasteiger partial charge in [-0.3, -0.25) is 0 Å². The van der Waals surface area contributed by atoms with Gasteiger partial charge in [0.25, 0.3) is 0 Å². The molecule has 0 saturated heterocycles. The lowest BCUT2D eigenvalue weighted by Gasteiger charge is -2.05. The van der Waals surface area contributed by atoms with Crippen molar-refractivity contribution in [1.29, 1.82) is 0 Å². The van der Waals surface area contributed by atoms with Crippen molar-refractivity contribution in [2.45, 2.75) is 13.8 Å².